The lowest BCUT2D eigenvalue weighted by atomic mass is 9.99. The third kappa shape index (κ3) is 4.09. The Bertz CT molecular complexity index is 1300. The van der Waals surface area contributed by atoms with E-state index in [2.05, 4.69) is 6.07 Å². The van der Waals surface area contributed by atoms with Gasteiger partial charge in [-0.15, -0.1) is 0 Å². The highest BCUT2D eigenvalue weighted by atomic mass is 16.3. The van der Waals surface area contributed by atoms with Crippen LogP contribution in [0.4, 0.5) is 0 Å². The number of rotatable bonds is 6. The standard InChI is InChI=1S/C26H21N3O3/c1-2-23-25(19-7-11-21(30)12-8-19)28-29(26(23)20-9-13-22(31)14-10-20)16-24(32)18-5-3-17(15-27)4-6-18/h3-14,30-31H,2,16H2,1H3. The van der Waals surface area contributed by atoms with Gasteiger partial charge in [0.05, 0.1) is 23.0 Å². The Kier molecular flexibility index (Phi) is 5.73. The van der Waals surface area contributed by atoms with Crippen LogP contribution >= 0.6 is 0 Å². The quantitative estimate of drug-likeness (QED) is 0.428. The van der Waals surface area contributed by atoms with Crippen LogP contribution in [0.25, 0.3) is 22.5 Å². The summed E-state index contributed by atoms with van der Waals surface area (Å²) in [5, 5.41) is 33.2. The topological polar surface area (TPSA) is 99.1 Å². The summed E-state index contributed by atoms with van der Waals surface area (Å²) in [7, 11) is 0. The van der Waals surface area contributed by atoms with Gasteiger partial charge in [-0.2, -0.15) is 10.4 Å². The third-order valence-electron chi connectivity index (χ3n) is 5.31. The Morgan fingerprint density at radius 3 is 2.00 bits per heavy atom. The van der Waals surface area contributed by atoms with E-state index >= 15 is 0 Å². The van der Waals surface area contributed by atoms with E-state index in [0.717, 1.165) is 28.1 Å². The molecular formula is C26H21N3O3. The molecule has 3 aromatic carbocycles. The number of nitrogens with zero attached hydrogens (tertiary/aromatic N) is 3. The lowest BCUT2D eigenvalue weighted by molar-refractivity contribution is 0.0968. The zero-order chi connectivity index (χ0) is 22.7. The molecule has 0 aliphatic carbocycles. The molecule has 4 rings (SSSR count). The van der Waals surface area contributed by atoms with Crippen molar-refractivity contribution in [2.24, 2.45) is 0 Å². The SMILES string of the molecule is CCc1c(-c2ccc(O)cc2)nn(CC(=O)c2ccc(C#N)cc2)c1-c1ccc(O)cc1. The minimum Gasteiger partial charge on any atom is -0.508 e. The highest BCUT2D eigenvalue weighted by Gasteiger charge is 2.21. The van der Waals surface area contributed by atoms with E-state index in [4.69, 9.17) is 10.4 Å². The molecule has 0 fully saturated rings. The maximum absolute atomic E-state index is 13.0. The first kappa shape index (κ1) is 20.9. The van der Waals surface area contributed by atoms with E-state index in [0.29, 0.717) is 17.5 Å². The summed E-state index contributed by atoms with van der Waals surface area (Å²) < 4.78 is 1.69. The zero-order valence-corrected chi connectivity index (χ0v) is 17.5. The molecule has 0 unspecified atom stereocenters. The van der Waals surface area contributed by atoms with Gasteiger partial charge in [0.2, 0.25) is 0 Å². The molecule has 158 valence electrons. The van der Waals surface area contributed by atoms with Crippen molar-refractivity contribution in [1.82, 2.24) is 9.78 Å². The second kappa shape index (κ2) is 8.78. The second-order valence-electron chi connectivity index (χ2n) is 7.39. The van der Waals surface area contributed by atoms with Crippen LogP contribution in [0.3, 0.4) is 0 Å². The number of aromatic nitrogens is 2. The van der Waals surface area contributed by atoms with Crippen LogP contribution < -0.4 is 0 Å². The molecule has 0 radical (unpaired) electrons. The van der Waals surface area contributed by atoms with Crippen molar-refractivity contribution in [3.63, 3.8) is 0 Å². The Labute approximate surface area is 185 Å². The summed E-state index contributed by atoms with van der Waals surface area (Å²) in [6.45, 7) is 2.05. The Morgan fingerprint density at radius 1 is 0.906 bits per heavy atom. The van der Waals surface area contributed by atoms with Crippen molar-refractivity contribution in [2.45, 2.75) is 19.9 Å². The number of ketones is 1. The average Bonchev–Trinajstić information content (AvgIpc) is 3.18. The predicted octanol–water partition coefficient (Wildman–Crippen LogP) is 4.95. The molecule has 1 heterocycles. The van der Waals surface area contributed by atoms with Gasteiger partial charge in [-0.05, 0) is 67.1 Å². The van der Waals surface area contributed by atoms with Crippen LogP contribution in [-0.4, -0.2) is 25.8 Å². The van der Waals surface area contributed by atoms with Crippen molar-refractivity contribution in [3.05, 3.63) is 89.5 Å². The van der Waals surface area contributed by atoms with E-state index < -0.39 is 0 Å². The minimum absolute atomic E-state index is 0.0210. The fourth-order valence-corrected chi connectivity index (χ4v) is 3.70. The fourth-order valence-electron chi connectivity index (χ4n) is 3.70. The van der Waals surface area contributed by atoms with Crippen LogP contribution in [0.15, 0.2) is 72.8 Å². The molecule has 0 amide bonds. The number of Topliss-reactive ketones (excluding diaryl/α,β-unsaturated/α-hetero) is 1. The van der Waals surface area contributed by atoms with Crippen molar-refractivity contribution in [3.8, 4) is 40.1 Å². The number of nitriles is 1. The predicted molar refractivity (Wildman–Crippen MR) is 121 cm³/mol. The van der Waals surface area contributed by atoms with E-state index in [-0.39, 0.29) is 23.8 Å². The molecule has 6 nitrogen and oxygen atoms in total. The highest BCUT2D eigenvalue weighted by molar-refractivity contribution is 5.96. The first-order valence-electron chi connectivity index (χ1n) is 10.2. The highest BCUT2D eigenvalue weighted by Crippen LogP contribution is 2.34. The van der Waals surface area contributed by atoms with Gasteiger partial charge < -0.3 is 10.2 Å². The Hall–Kier alpha value is -4.37. The number of phenolic OH excluding ortho intramolecular Hbond substituents is 2. The van der Waals surface area contributed by atoms with Gasteiger partial charge in [0, 0.05) is 22.3 Å². The molecule has 0 saturated heterocycles. The molecule has 0 aliphatic heterocycles. The van der Waals surface area contributed by atoms with Gasteiger partial charge in [0.25, 0.3) is 0 Å². The molecular weight excluding hydrogens is 402 g/mol. The molecule has 0 aliphatic rings. The van der Waals surface area contributed by atoms with E-state index in [1.54, 1.807) is 77.5 Å². The molecule has 0 bridgehead atoms. The smallest absolute Gasteiger partial charge is 0.184 e. The first-order valence-corrected chi connectivity index (χ1v) is 10.2. The molecule has 4 aromatic rings. The number of hydrogen-bond acceptors (Lipinski definition) is 5. The maximum atomic E-state index is 13.0. The lowest BCUT2D eigenvalue weighted by Crippen LogP contribution is -2.13. The fraction of sp³-hybridized carbons (Fsp3) is 0.115. The van der Waals surface area contributed by atoms with Gasteiger partial charge in [0.1, 0.15) is 18.0 Å². The van der Waals surface area contributed by atoms with Gasteiger partial charge in [-0.1, -0.05) is 19.1 Å². The number of carbonyl (C=O) groups excluding carboxylic acids is 1. The summed E-state index contributed by atoms with van der Waals surface area (Å²) in [5.41, 5.74) is 5.18. The maximum Gasteiger partial charge on any atom is 0.184 e. The molecule has 0 spiro atoms. The summed E-state index contributed by atoms with van der Waals surface area (Å²) in [5.74, 6) is 0.197. The summed E-state index contributed by atoms with van der Waals surface area (Å²) in [6.07, 6.45) is 0.678. The monoisotopic (exact) mass is 423 g/mol. The molecule has 1 aromatic heterocycles. The molecule has 0 atom stereocenters. The number of carbonyl (C=O) groups is 1. The van der Waals surface area contributed by atoms with Crippen molar-refractivity contribution in [1.29, 1.82) is 5.26 Å². The Balaban J connectivity index is 1.82. The van der Waals surface area contributed by atoms with Crippen LogP contribution in [0.1, 0.15) is 28.4 Å². The van der Waals surface area contributed by atoms with Crippen LogP contribution in [0, 0.1) is 11.3 Å². The Morgan fingerprint density at radius 2 is 1.47 bits per heavy atom. The largest absolute Gasteiger partial charge is 0.508 e. The van der Waals surface area contributed by atoms with Crippen LogP contribution in [0.5, 0.6) is 11.5 Å². The summed E-state index contributed by atoms with van der Waals surface area (Å²) in [6, 6.07) is 22.2. The van der Waals surface area contributed by atoms with Gasteiger partial charge in [0.15, 0.2) is 5.78 Å². The van der Waals surface area contributed by atoms with Crippen molar-refractivity contribution < 1.29 is 15.0 Å². The van der Waals surface area contributed by atoms with Crippen molar-refractivity contribution in [2.75, 3.05) is 0 Å². The van der Waals surface area contributed by atoms with E-state index in [9.17, 15) is 15.0 Å². The molecule has 6 heteroatoms. The van der Waals surface area contributed by atoms with E-state index in [1.807, 2.05) is 6.92 Å². The van der Waals surface area contributed by atoms with Gasteiger partial charge in [-0.25, -0.2) is 0 Å². The zero-order valence-electron chi connectivity index (χ0n) is 17.5. The number of hydrogen-bond donors (Lipinski definition) is 2. The second-order valence-corrected chi connectivity index (χ2v) is 7.39. The third-order valence-corrected chi connectivity index (χ3v) is 5.31. The van der Waals surface area contributed by atoms with Crippen molar-refractivity contribution >= 4 is 5.78 Å². The number of benzene rings is 3. The van der Waals surface area contributed by atoms with E-state index in [1.165, 1.54) is 0 Å². The summed E-state index contributed by atoms with van der Waals surface area (Å²) in [4.78, 5) is 13.0. The van der Waals surface area contributed by atoms with Gasteiger partial charge in [-0.3, -0.25) is 9.48 Å². The number of aromatic hydroxyl groups is 2. The van der Waals surface area contributed by atoms with Gasteiger partial charge >= 0.3 is 0 Å². The molecule has 0 saturated carbocycles. The molecule has 2 N–H and O–H groups in total. The molecule has 32 heavy (non-hydrogen) atoms. The first-order chi connectivity index (χ1) is 15.5. The van der Waals surface area contributed by atoms with Crippen LogP contribution in [0.2, 0.25) is 0 Å². The normalized spacial score (nSPS) is 10.6. The van der Waals surface area contributed by atoms with Crippen LogP contribution in [-0.2, 0) is 13.0 Å². The minimum atomic E-state index is -0.128. The summed E-state index contributed by atoms with van der Waals surface area (Å²) >= 11 is 0. The average molecular weight is 423 g/mol. The lowest BCUT2D eigenvalue weighted by Gasteiger charge is -2.10. The number of phenols is 2.